The van der Waals surface area contributed by atoms with Gasteiger partial charge >= 0.3 is 0 Å². The van der Waals surface area contributed by atoms with Crippen LogP contribution in [0.15, 0.2) is 48.5 Å². The van der Waals surface area contributed by atoms with Crippen LogP contribution in [-0.2, 0) is 16.0 Å². The van der Waals surface area contributed by atoms with E-state index in [-0.39, 0.29) is 17.8 Å². The molecule has 4 rings (SSSR count). The van der Waals surface area contributed by atoms with Crippen LogP contribution in [0.5, 0.6) is 0 Å². The molecule has 5 heteroatoms. The highest BCUT2D eigenvalue weighted by molar-refractivity contribution is 5.82. The Morgan fingerprint density at radius 1 is 1.13 bits per heavy atom. The fourth-order valence-electron chi connectivity index (χ4n) is 4.54. The van der Waals surface area contributed by atoms with Crippen molar-refractivity contribution in [1.82, 2.24) is 10.2 Å². The summed E-state index contributed by atoms with van der Waals surface area (Å²) in [5, 5.41) is 3.49. The number of carbonyl (C=O) groups is 1. The Morgan fingerprint density at radius 3 is 2.48 bits per heavy atom. The maximum Gasteiger partial charge on any atom is 0.252 e. The lowest BCUT2D eigenvalue weighted by atomic mass is 9.87. The largest absolute Gasteiger partial charge is 0.367 e. The van der Waals surface area contributed by atoms with E-state index in [2.05, 4.69) is 44.1 Å². The Bertz CT molecular complexity index is 886. The third-order valence-corrected chi connectivity index (χ3v) is 5.87. The standard InChI is InChI=1S/C24H29FN2O2.C2H2/c1-16(2)26-20-11-12-22(29-15-20)24(28)27-14-13-17-5-3-4-6-21(17)23(27)18-7-9-19(25)10-8-18;1-2/h3-10,16,20,22-23,26H,11-15H2,1-2H3;1-2H/t20?,22-,23+;/m1./s1. The van der Waals surface area contributed by atoms with Crippen molar-refractivity contribution in [3.8, 4) is 12.8 Å². The molecule has 1 unspecified atom stereocenters. The van der Waals surface area contributed by atoms with E-state index in [1.165, 1.54) is 17.7 Å². The van der Waals surface area contributed by atoms with E-state index in [1.807, 2.05) is 17.0 Å². The van der Waals surface area contributed by atoms with Crippen molar-refractivity contribution in [2.24, 2.45) is 0 Å². The zero-order chi connectivity index (χ0) is 22.4. The minimum atomic E-state index is -0.409. The molecule has 4 nitrogen and oxygen atoms in total. The maximum absolute atomic E-state index is 13.5. The Kier molecular flexibility index (Phi) is 7.84. The molecule has 2 aliphatic heterocycles. The molecule has 2 aliphatic rings. The molecule has 3 atom stereocenters. The molecule has 0 spiro atoms. The average Bonchev–Trinajstić information content (AvgIpc) is 2.80. The van der Waals surface area contributed by atoms with Crippen molar-refractivity contribution in [2.75, 3.05) is 13.2 Å². The maximum atomic E-state index is 13.5. The topological polar surface area (TPSA) is 41.6 Å². The Hall–Kier alpha value is -2.68. The number of hydrogen-bond acceptors (Lipinski definition) is 3. The second-order valence-corrected chi connectivity index (χ2v) is 8.35. The van der Waals surface area contributed by atoms with Crippen molar-refractivity contribution >= 4 is 5.91 Å². The Balaban J connectivity index is 0.00000132. The van der Waals surface area contributed by atoms with Crippen LogP contribution in [0.25, 0.3) is 0 Å². The molecule has 1 saturated heterocycles. The van der Waals surface area contributed by atoms with E-state index in [0.29, 0.717) is 25.2 Å². The van der Waals surface area contributed by atoms with Gasteiger partial charge in [-0.25, -0.2) is 4.39 Å². The first-order chi connectivity index (χ1) is 15.0. The third-order valence-electron chi connectivity index (χ3n) is 5.87. The number of hydrogen-bond donors (Lipinski definition) is 1. The van der Waals surface area contributed by atoms with Gasteiger partial charge in [-0.15, -0.1) is 12.8 Å². The Morgan fingerprint density at radius 2 is 1.84 bits per heavy atom. The number of benzene rings is 2. The normalized spacial score (nSPS) is 22.9. The first-order valence-electron chi connectivity index (χ1n) is 10.9. The van der Waals surface area contributed by atoms with Crippen molar-refractivity contribution in [1.29, 1.82) is 0 Å². The molecule has 1 fully saturated rings. The van der Waals surface area contributed by atoms with Crippen molar-refractivity contribution in [3.05, 3.63) is 71.0 Å². The number of carbonyl (C=O) groups excluding carboxylic acids is 1. The highest BCUT2D eigenvalue weighted by Crippen LogP contribution is 2.36. The summed E-state index contributed by atoms with van der Waals surface area (Å²) in [6, 6.07) is 15.2. The summed E-state index contributed by atoms with van der Waals surface area (Å²) >= 11 is 0. The second kappa shape index (κ2) is 10.6. The van der Waals surface area contributed by atoms with Crippen LogP contribution in [0.1, 0.15) is 49.4 Å². The van der Waals surface area contributed by atoms with Crippen molar-refractivity contribution in [3.63, 3.8) is 0 Å². The van der Waals surface area contributed by atoms with Gasteiger partial charge in [-0.2, -0.15) is 0 Å². The molecule has 0 bridgehead atoms. The minimum absolute atomic E-state index is 0.0387. The SMILES string of the molecule is C#C.CC(C)NC1CC[C@H](C(=O)N2CCc3ccccc3[C@@H]2c2ccc(F)cc2)OC1. The number of rotatable bonds is 4. The van der Waals surface area contributed by atoms with Gasteiger partial charge in [0, 0.05) is 18.6 Å². The quantitative estimate of drug-likeness (QED) is 0.755. The van der Waals surface area contributed by atoms with Gasteiger partial charge in [-0.05, 0) is 48.1 Å². The highest BCUT2D eigenvalue weighted by atomic mass is 19.1. The molecule has 0 aliphatic carbocycles. The molecule has 2 aromatic rings. The van der Waals surface area contributed by atoms with E-state index in [0.717, 1.165) is 30.4 Å². The third kappa shape index (κ3) is 5.33. The zero-order valence-electron chi connectivity index (χ0n) is 18.3. The average molecular weight is 423 g/mol. The van der Waals surface area contributed by atoms with Crippen LogP contribution in [0, 0.1) is 18.7 Å². The molecule has 2 heterocycles. The van der Waals surface area contributed by atoms with Crippen LogP contribution in [0.2, 0.25) is 0 Å². The molecular formula is C26H31FN2O2. The van der Waals surface area contributed by atoms with Gasteiger partial charge < -0.3 is 15.0 Å². The first-order valence-corrected chi connectivity index (χ1v) is 10.9. The molecule has 0 aromatic heterocycles. The molecule has 0 saturated carbocycles. The summed E-state index contributed by atoms with van der Waals surface area (Å²) in [5.41, 5.74) is 3.30. The van der Waals surface area contributed by atoms with Crippen LogP contribution < -0.4 is 5.32 Å². The van der Waals surface area contributed by atoms with Crippen LogP contribution >= 0.6 is 0 Å². The number of nitrogens with one attached hydrogen (secondary N) is 1. The lowest BCUT2D eigenvalue weighted by Crippen LogP contribution is -2.50. The molecule has 1 amide bonds. The van der Waals surface area contributed by atoms with Gasteiger partial charge in [0.05, 0.1) is 12.6 Å². The first kappa shape index (κ1) is 23.0. The van der Waals surface area contributed by atoms with Crippen LogP contribution in [-0.4, -0.2) is 42.1 Å². The van der Waals surface area contributed by atoms with Crippen LogP contribution in [0.3, 0.4) is 0 Å². The van der Waals surface area contributed by atoms with Gasteiger partial charge in [-0.1, -0.05) is 50.2 Å². The summed E-state index contributed by atoms with van der Waals surface area (Å²) in [5.74, 6) is -0.230. The molecule has 31 heavy (non-hydrogen) atoms. The smallest absolute Gasteiger partial charge is 0.252 e. The highest BCUT2D eigenvalue weighted by Gasteiger charge is 2.37. The van der Waals surface area contributed by atoms with E-state index >= 15 is 0 Å². The molecular weight excluding hydrogens is 391 g/mol. The van der Waals surface area contributed by atoms with E-state index in [1.54, 1.807) is 12.1 Å². The summed E-state index contributed by atoms with van der Waals surface area (Å²) in [4.78, 5) is 15.4. The summed E-state index contributed by atoms with van der Waals surface area (Å²) in [6.07, 6.45) is 10.1. The number of nitrogens with zero attached hydrogens (tertiary/aromatic N) is 1. The lowest BCUT2D eigenvalue weighted by molar-refractivity contribution is -0.149. The van der Waals surface area contributed by atoms with Crippen molar-refractivity contribution < 1.29 is 13.9 Å². The van der Waals surface area contributed by atoms with E-state index < -0.39 is 6.10 Å². The van der Waals surface area contributed by atoms with Gasteiger partial charge in [0.15, 0.2) is 0 Å². The summed E-state index contributed by atoms with van der Waals surface area (Å²) < 4.78 is 19.5. The Labute approximate surface area is 184 Å². The molecule has 1 N–H and O–H groups in total. The fourth-order valence-corrected chi connectivity index (χ4v) is 4.54. The van der Waals surface area contributed by atoms with E-state index in [9.17, 15) is 9.18 Å². The predicted octanol–water partition coefficient (Wildman–Crippen LogP) is 4.09. The molecule has 0 radical (unpaired) electrons. The number of fused-ring (bicyclic) bond motifs is 1. The molecule has 164 valence electrons. The number of ether oxygens (including phenoxy) is 1. The lowest BCUT2D eigenvalue weighted by Gasteiger charge is -2.40. The number of amides is 1. The van der Waals surface area contributed by atoms with Gasteiger partial charge in [0.2, 0.25) is 0 Å². The number of terminal acetylenes is 1. The monoisotopic (exact) mass is 422 g/mol. The number of halogens is 1. The fraction of sp³-hybridized carbons (Fsp3) is 0.423. The second-order valence-electron chi connectivity index (χ2n) is 8.35. The van der Waals surface area contributed by atoms with Gasteiger partial charge in [-0.3, -0.25) is 4.79 Å². The predicted molar refractivity (Wildman–Crippen MR) is 121 cm³/mol. The summed E-state index contributed by atoms with van der Waals surface area (Å²) in [6.45, 7) is 5.44. The molecule has 2 aromatic carbocycles. The minimum Gasteiger partial charge on any atom is -0.367 e. The van der Waals surface area contributed by atoms with Gasteiger partial charge in [0.1, 0.15) is 11.9 Å². The van der Waals surface area contributed by atoms with Crippen LogP contribution in [0.4, 0.5) is 4.39 Å². The zero-order valence-corrected chi connectivity index (χ0v) is 18.3. The van der Waals surface area contributed by atoms with Crippen molar-refractivity contribution in [2.45, 2.75) is 57.3 Å². The van der Waals surface area contributed by atoms with Gasteiger partial charge in [0.25, 0.3) is 5.91 Å². The summed E-state index contributed by atoms with van der Waals surface area (Å²) in [7, 11) is 0. The van der Waals surface area contributed by atoms with E-state index in [4.69, 9.17) is 4.74 Å².